The molecule has 7 heteroatoms. The average molecular weight is 390 g/mol. The van der Waals surface area contributed by atoms with E-state index < -0.39 is 0 Å². The Morgan fingerprint density at radius 2 is 1.86 bits per heavy atom. The number of hydrogen-bond acceptors (Lipinski definition) is 5. The summed E-state index contributed by atoms with van der Waals surface area (Å²) in [6.45, 7) is 3.04. The fourth-order valence-corrected chi connectivity index (χ4v) is 3.67. The molecule has 7 nitrogen and oxygen atoms in total. The molecule has 1 aliphatic rings. The van der Waals surface area contributed by atoms with Crippen molar-refractivity contribution < 1.29 is 4.79 Å². The lowest BCUT2D eigenvalue weighted by Gasteiger charge is -2.32. The Kier molecular flexibility index (Phi) is 6.26. The number of piperidine rings is 1. The fourth-order valence-electron chi connectivity index (χ4n) is 3.67. The Hall–Kier alpha value is -3.06. The number of hydrogen-bond donors (Lipinski definition) is 1. The van der Waals surface area contributed by atoms with Crippen molar-refractivity contribution in [2.24, 2.45) is 0 Å². The molecule has 0 radical (unpaired) electrons. The first kappa shape index (κ1) is 19.3. The van der Waals surface area contributed by atoms with Crippen molar-refractivity contribution in [3.8, 4) is 0 Å². The van der Waals surface area contributed by atoms with Gasteiger partial charge in [-0.3, -0.25) is 9.78 Å². The molecule has 0 saturated carbocycles. The number of nitrogens with one attached hydrogen (secondary N) is 1. The lowest BCUT2D eigenvalue weighted by atomic mass is 10.0. The molecule has 1 fully saturated rings. The minimum atomic E-state index is 0.0182. The van der Waals surface area contributed by atoms with Crippen molar-refractivity contribution in [3.05, 3.63) is 78.1 Å². The summed E-state index contributed by atoms with van der Waals surface area (Å²) in [4.78, 5) is 18.6. The molecule has 0 unspecified atom stereocenters. The van der Waals surface area contributed by atoms with Gasteiger partial charge < -0.3 is 14.8 Å². The summed E-state index contributed by atoms with van der Waals surface area (Å²) in [5, 5.41) is 11.9. The van der Waals surface area contributed by atoms with Gasteiger partial charge >= 0.3 is 0 Å². The molecule has 1 N–H and O–H groups in total. The van der Waals surface area contributed by atoms with Crippen molar-refractivity contribution >= 4 is 5.91 Å². The van der Waals surface area contributed by atoms with Crippen LogP contribution in [-0.4, -0.2) is 49.7 Å². The van der Waals surface area contributed by atoms with Crippen molar-refractivity contribution in [1.29, 1.82) is 0 Å². The number of nitrogens with zero attached hydrogens (tertiary/aromatic N) is 5. The second kappa shape index (κ2) is 9.43. The topological polar surface area (TPSA) is 75.9 Å². The SMILES string of the molecule is O=C(c1ccccn1)N1CCC(NCc2nncn2CCc2ccccc2)CC1. The van der Waals surface area contributed by atoms with Crippen molar-refractivity contribution in [1.82, 2.24) is 30.0 Å². The van der Waals surface area contributed by atoms with Crippen LogP contribution in [-0.2, 0) is 19.5 Å². The number of carbonyl (C=O) groups excluding carboxylic acids is 1. The monoisotopic (exact) mass is 390 g/mol. The lowest BCUT2D eigenvalue weighted by Crippen LogP contribution is -2.45. The number of pyridine rings is 1. The molecular weight excluding hydrogens is 364 g/mol. The molecule has 1 aromatic carbocycles. The zero-order chi connectivity index (χ0) is 19.9. The molecule has 2 aromatic heterocycles. The minimum absolute atomic E-state index is 0.0182. The smallest absolute Gasteiger partial charge is 0.272 e. The van der Waals surface area contributed by atoms with Gasteiger partial charge in [-0.1, -0.05) is 36.4 Å². The number of aryl methyl sites for hydroxylation is 2. The first-order valence-electron chi connectivity index (χ1n) is 10.1. The van der Waals surface area contributed by atoms with Crippen LogP contribution < -0.4 is 5.32 Å². The summed E-state index contributed by atoms with van der Waals surface area (Å²) in [5.74, 6) is 0.970. The molecule has 1 saturated heterocycles. The summed E-state index contributed by atoms with van der Waals surface area (Å²) in [7, 11) is 0. The molecular formula is C22H26N6O. The van der Waals surface area contributed by atoms with Crippen LogP contribution in [0, 0.1) is 0 Å². The lowest BCUT2D eigenvalue weighted by molar-refractivity contribution is 0.0698. The van der Waals surface area contributed by atoms with Crippen LogP contribution in [0.15, 0.2) is 61.1 Å². The highest BCUT2D eigenvalue weighted by molar-refractivity contribution is 5.92. The Morgan fingerprint density at radius 1 is 1.07 bits per heavy atom. The Labute approximate surface area is 170 Å². The van der Waals surface area contributed by atoms with Gasteiger partial charge in [-0.2, -0.15) is 0 Å². The van der Waals surface area contributed by atoms with E-state index in [2.05, 4.69) is 49.3 Å². The van der Waals surface area contributed by atoms with E-state index in [0.29, 0.717) is 18.3 Å². The van der Waals surface area contributed by atoms with Gasteiger partial charge in [0.2, 0.25) is 0 Å². The number of carbonyl (C=O) groups is 1. The third-order valence-corrected chi connectivity index (χ3v) is 5.39. The zero-order valence-corrected chi connectivity index (χ0v) is 16.4. The predicted octanol–water partition coefficient (Wildman–Crippen LogP) is 2.31. The summed E-state index contributed by atoms with van der Waals surface area (Å²) < 4.78 is 2.11. The maximum atomic E-state index is 12.5. The molecule has 1 amide bonds. The van der Waals surface area contributed by atoms with Crippen LogP contribution in [0.2, 0.25) is 0 Å². The van der Waals surface area contributed by atoms with Crippen molar-refractivity contribution in [3.63, 3.8) is 0 Å². The van der Waals surface area contributed by atoms with Crippen LogP contribution in [0.25, 0.3) is 0 Å². The molecule has 0 bridgehead atoms. The highest BCUT2D eigenvalue weighted by atomic mass is 16.2. The standard InChI is InChI=1S/C22H26N6O/c29-22(20-8-4-5-12-23-20)27-14-10-19(11-15-27)24-16-21-26-25-17-28(21)13-9-18-6-2-1-3-7-18/h1-8,12,17,19,24H,9-11,13-16H2. The highest BCUT2D eigenvalue weighted by Crippen LogP contribution is 2.14. The summed E-state index contributed by atoms with van der Waals surface area (Å²) in [5.41, 5.74) is 1.83. The average Bonchev–Trinajstić information content (AvgIpc) is 3.25. The molecule has 1 aliphatic heterocycles. The Bertz CT molecular complexity index is 903. The van der Waals surface area contributed by atoms with Crippen LogP contribution in [0.4, 0.5) is 0 Å². The van der Waals surface area contributed by atoms with E-state index in [-0.39, 0.29) is 5.91 Å². The number of likely N-dealkylation sites (tertiary alicyclic amines) is 1. The van der Waals surface area contributed by atoms with E-state index in [1.54, 1.807) is 18.6 Å². The van der Waals surface area contributed by atoms with Crippen LogP contribution >= 0.6 is 0 Å². The second-order valence-electron chi connectivity index (χ2n) is 7.34. The van der Waals surface area contributed by atoms with Gasteiger partial charge in [-0.05, 0) is 37.0 Å². The van der Waals surface area contributed by atoms with Gasteiger partial charge in [0.05, 0.1) is 6.54 Å². The number of amides is 1. The number of aromatic nitrogens is 4. The first-order chi connectivity index (χ1) is 14.3. The Morgan fingerprint density at radius 3 is 2.62 bits per heavy atom. The van der Waals surface area contributed by atoms with Crippen LogP contribution in [0.5, 0.6) is 0 Å². The summed E-state index contributed by atoms with van der Waals surface area (Å²) >= 11 is 0. The quantitative estimate of drug-likeness (QED) is 0.670. The van der Waals surface area contributed by atoms with Crippen molar-refractivity contribution in [2.75, 3.05) is 13.1 Å². The molecule has 0 atom stereocenters. The minimum Gasteiger partial charge on any atom is -0.337 e. The van der Waals surface area contributed by atoms with Gasteiger partial charge in [0.15, 0.2) is 0 Å². The Balaban J connectivity index is 1.24. The summed E-state index contributed by atoms with van der Waals surface area (Å²) in [6.07, 6.45) is 6.27. The maximum absolute atomic E-state index is 12.5. The van der Waals surface area contributed by atoms with E-state index in [9.17, 15) is 4.79 Å². The molecule has 3 aromatic rings. The molecule has 0 aliphatic carbocycles. The zero-order valence-electron chi connectivity index (χ0n) is 16.4. The third kappa shape index (κ3) is 5.06. The normalized spacial score (nSPS) is 14.8. The maximum Gasteiger partial charge on any atom is 0.272 e. The van der Waals surface area contributed by atoms with E-state index in [4.69, 9.17) is 0 Å². The van der Waals surface area contributed by atoms with E-state index in [0.717, 1.165) is 44.7 Å². The van der Waals surface area contributed by atoms with Crippen LogP contribution in [0.1, 0.15) is 34.7 Å². The number of rotatable bonds is 7. The van der Waals surface area contributed by atoms with E-state index >= 15 is 0 Å². The molecule has 29 heavy (non-hydrogen) atoms. The van der Waals surface area contributed by atoms with E-state index in [1.807, 2.05) is 23.1 Å². The van der Waals surface area contributed by atoms with Gasteiger partial charge in [0.25, 0.3) is 5.91 Å². The molecule has 150 valence electrons. The number of benzene rings is 1. The van der Waals surface area contributed by atoms with E-state index in [1.165, 1.54) is 5.56 Å². The summed E-state index contributed by atoms with van der Waals surface area (Å²) in [6, 6.07) is 16.3. The second-order valence-corrected chi connectivity index (χ2v) is 7.34. The highest BCUT2D eigenvalue weighted by Gasteiger charge is 2.24. The van der Waals surface area contributed by atoms with Gasteiger partial charge in [-0.15, -0.1) is 10.2 Å². The van der Waals surface area contributed by atoms with Gasteiger partial charge in [0.1, 0.15) is 17.8 Å². The molecule has 4 rings (SSSR count). The predicted molar refractivity (Wildman–Crippen MR) is 110 cm³/mol. The molecule has 0 spiro atoms. The van der Waals surface area contributed by atoms with Gasteiger partial charge in [-0.25, -0.2) is 0 Å². The first-order valence-corrected chi connectivity index (χ1v) is 10.1. The van der Waals surface area contributed by atoms with Gasteiger partial charge in [0, 0.05) is 31.9 Å². The van der Waals surface area contributed by atoms with Crippen molar-refractivity contribution in [2.45, 2.75) is 38.4 Å². The largest absolute Gasteiger partial charge is 0.337 e. The van der Waals surface area contributed by atoms with Crippen LogP contribution in [0.3, 0.4) is 0 Å². The molecule has 3 heterocycles. The third-order valence-electron chi connectivity index (χ3n) is 5.39. The fraction of sp³-hybridized carbons (Fsp3) is 0.364.